The Kier molecular flexibility index (Phi) is 5.03. The van der Waals surface area contributed by atoms with E-state index in [1.165, 1.54) is 24.1 Å². The number of amides is 1. The first-order valence-corrected chi connectivity index (χ1v) is 6.32. The van der Waals surface area contributed by atoms with Crippen molar-refractivity contribution >= 4 is 11.6 Å². The summed E-state index contributed by atoms with van der Waals surface area (Å²) < 4.78 is 38.8. The van der Waals surface area contributed by atoms with Gasteiger partial charge in [-0.2, -0.15) is 13.2 Å². The highest BCUT2D eigenvalue weighted by atomic mass is 19.4. The minimum Gasteiger partial charge on any atom is -0.387 e. The van der Waals surface area contributed by atoms with Gasteiger partial charge in [-0.25, -0.2) is 0 Å². The molecule has 0 fully saturated rings. The van der Waals surface area contributed by atoms with Crippen LogP contribution in [0.4, 0.5) is 18.9 Å². The molecular formula is C14H19F3N2O. The first-order valence-electron chi connectivity index (χ1n) is 6.32. The van der Waals surface area contributed by atoms with Gasteiger partial charge in [0.2, 0.25) is 0 Å². The predicted octanol–water partition coefficient (Wildman–Crippen LogP) is 3.48. The van der Waals surface area contributed by atoms with E-state index in [9.17, 15) is 18.0 Å². The average molecular weight is 288 g/mol. The van der Waals surface area contributed by atoms with Crippen LogP contribution in [0.5, 0.6) is 0 Å². The molecule has 0 atom stereocenters. The van der Waals surface area contributed by atoms with Gasteiger partial charge in [0.15, 0.2) is 0 Å². The molecule has 0 spiro atoms. The molecule has 0 aliphatic heterocycles. The molecule has 3 nitrogen and oxygen atoms in total. The van der Waals surface area contributed by atoms with Gasteiger partial charge in [0.05, 0.1) is 16.8 Å². The third-order valence-electron chi connectivity index (χ3n) is 2.84. The van der Waals surface area contributed by atoms with E-state index in [0.29, 0.717) is 6.54 Å². The Morgan fingerprint density at radius 3 is 2.40 bits per heavy atom. The van der Waals surface area contributed by atoms with Crippen molar-refractivity contribution in [3.05, 3.63) is 29.3 Å². The van der Waals surface area contributed by atoms with Crippen LogP contribution in [0.1, 0.15) is 29.8 Å². The molecule has 20 heavy (non-hydrogen) atoms. The summed E-state index contributed by atoms with van der Waals surface area (Å²) in [6.07, 6.45) is -4.49. The number of hydrogen-bond acceptors (Lipinski definition) is 2. The van der Waals surface area contributed by atoms with Crippen molar-refractivity contribution in [1.82, 2.24) is 4.90 Å². The molecule has 0 saturated carbocycles. The monoisotopic (exact) mass is 288 g/mol. The number of halogens is 3. The Hall–Kier alpha value is -1.72. The van der Waals surface area contributed by atoms with Crippen LogP contribution in [0.3, 0.4) is 0 Å². The van der Waals surface area contributed by atoms with Crippen LogP contribution in [0.15, 0.2) is 18.2 Å². The maximum atomic E-state index is 12.9. The summed E-state index contributed by atoms with van der Waals surface area (Å²) >= 11 is 0. The maximum Gasteiger partial charge on any atom is 0.418 e. The highest BCUT2D eigenvalue weighted by Gasteiger charge is 2.35. The Morgan fingerprint density at radius 2 is 1.95 bits per heavy atom. The Balaban J connectivity index is 3.22. The number of benzene rings is 1. The van der Waals surface area contributed by atoms with Gasteiger partial charge in [-0.15, -0.1) is 0 Å². The van der Waals surface area contributed by atoms with E-state index in [2.05, 4.69) is 5.32 Å². The molecular weight excluding hydrogens is 269 g/mol. The molecule has 0 saturated heterocycles. The van der Waals surface area contributed by atoms with Crippen molar-refractivity contribution in [1.29, 1.82) is 0 Å². The number of hydrogen-bond donors (Lipinski definition) is 1. The van der Waals surface area contributed by atoms with Crippen LogP contribution in [-0.2, 0) is 6.18 Å². The van der Waals surface area contributed by atoms with E-state index in [4.69, 9.17) is 0 Å². The van der Waals surface area contributed by atoms with E-state index in [-0.39, 0.29) is 17.2 Å². The second-order valence-corrected chi connectivity index (χ2v) is 5.06. The molecule has 0 aliphatic rings. The molecule has 6 heteroatoms. The van der Waals surface area contributed by atoms with Crippen LogP contribution < -0.4 is 5.32 Å². The molecule has 1 aromatic carbocycles. The van der Waals surface area contributed by atoms with E-state index >= 15 is 0 Å². The minimum atomic E-state index is -4.49. The fourth-order valence-electron chi connectivity index (χ4n) is 2.07. The van der Waals surface area contributed by atoms with Gasteiger partial charge in [0.1, 0.15) is 0 Å². The van der Waals surface area contributed by atoms with Crippen molar-refractivity contribution in [2.45, 2.75) is 20.0 Å². The molecule has 0 bridgehead atoms. The lowest BCUT2D eigenvalue weighted by molar-refractivity contribution is -0.136. The molecule has 1 aromatic rings. The van der Waals surface area contributed by atoms with Crippen molar-refractivity contribution in [3.8, 4) is 0 Å². The van der Waals surface area contributed by atoms with Gasteiger partial charge >= 0.3 is 6.18 Å². The quantitative estimate of drug-likeness (QED) is 0.920. The van der Waals surface area contributed by atoms with Gasteiger partial charge in [-0.1, -0.05) is 19.9 Å². The van der Waals surface area contributed by atoms with Gasteiger partial charge in [-0.3, -0.25) is 4.79 Å². The van der Waals surface area contributed by atoms with Crippen molar-refractivity contribution < 1.29 is 18.0 Å². The zero-order chi connectivity index (χ0) is 15.5. The van der Waals surface area contributed by atoms with Crippen molar-refractivity contribution in [2.75, 3.05) is 26.0 Å². The molecule has 0 aromatic heterocycles. The Morgan fingerprint density at radius 1 is 1.35 bits per heavy atom. The molecule has 1 rings (SSSR count). The summed E-state index contributed by atoms with van der Waals surface area (Å²) in [7, 11) is 2.96. The van der Waals surface area contributed by atoms with Gasteiger partial charge in [-0.05, 0) is 18.1 Å². The third-order valence-corrected chi connectivity index (χ3v) is 2.84. The van der Waals surface area contributed by atoms with Crippen LogP contribution in [0.25, 0.3) is 0 Å². The summed E-state index contributed by atoms with van der Waals surface area (Å²) in [6.45, 7) is 4.36. The lowest BCUT2D eigenvalue weighted by Crippen LogP contribution is -2.31. The van der Waals surface area contributed by atoms with E-state index in [1.54, 1.807) is 7.05 Å². The van der Waals surface area contributed by atoms with Crippen molar-refractivity contribution in [3.63, 3.8) is 0 Å². The number of alkyl halides is 3. The second kappa shape index (κ2) is 6.15. The van der Waals surface area contributed by atoms with Gasteiger partial charge < -0.3 is 10.2 Å². The van der Waals surface area contributed by atoms with Gasteiger partial charge in [0.25, 0.3) is 5.91 Å². The highest BCUT2D eigenvalue weighted by Crippen LogP contribution is 2.36. The fourth-order valence-corrected chi connectivity index (χ4v) is 2.07. The average Bonchev–Trinajstić information content (AvgIpc) is 2.34. The van der Waals surface area contributed by atoms with Crippen LogP contribution in [0, 0.1) is 5.92 Å². The number of carbonyl (C=O) groups excluding carboxylic acids is 1. The summed E-state index contributed by atoms with van der Waals surface area (Å²) in [6, 6.07) is 3.62. The molecule has 0 heterocycles. The standard InChI is InChI=1S/C14H19F3N2O/c1-9(2)8-19(4)13(20)10-6-5-7-11(12(10)18-3)14(15,16)17/h5-7,9,18H,8H2,1-4H3. The smallest absolute Gasteiger partial charge is 0.387 e. The topological polar surface area (TPSA) is 32.3 Å². The normalized spacial score (nSPS) is 11.6. The summed E-state index contributed by atoms with van der Waals surface area (Å²) in [5.74, 6) is -0.179. The number of nitrogens with zero attached hydrogens (tertiary/aromatic N) is 1. The predicted molar refractivity (Wildman–Crippen MR) is 72.8 cm³/mol. The second-order valence-electron chi connectivity index (χ2n) is 5.06. The third kappa shape index (κ3) is 3.65. The molecule has 112 valence electrons. The maximum absolute atomic E-state index is 12.9. The zero-order valence-corrected chi connectivity index (χ0v) is 12.0. The minimum absolute atomic E-state index is 0.0328. The number of rotatable bonds is 4. The molecule has 0 radical (unpaired) electrons. The van der Waals surface area contributed by atoms with Crippen LogP contribution in [-0.4, -0.2) is 31.4 Å². The molecule has 0 unspecified atom stereocenters. The van der Waals surface area contributed by atoms with Crippen LogP contribution >= 0.6 is 0 Å². The molecule has 0 aliphatic carbocycles. The number of nitrogens with one attached hydrogen (secondary N) is 1. The Bertz CT molecular complexity index is 484. The fraction of sp³-hybridized carbons (Fsp3) is 0.500. The largest absolute Gasteiger partial charge is 0.418 e. The number of anilines is 1. The van der Waals surface area contributed by atoms with E-state index < -0.39 is 17.6 Å². The lowest BCUT2D eigenvalue weighted by Gasteiger charge is -2.22. The summed E-state index contributed by atoms with van der Waals surface area (Å²) in [4.78, 5) is 13.7. The van der Waals surface area contributed by atoms with Gasteiger partial charge in [0, 0.05) is 20.6 Å². The van der Waals surface area contributed by atoms with Crippen LogP contribution in [0.2, 0.25) is 0 Å². The number of para-hydroxylation sites is 1. The summed E-state index contributed by atoms with van der Waals surface area (Å²) in [5, 5.41) is 2.49. The zero-order valence-electron chi connectivity index (χ0n) is 12.0. The molecule has 1 N–H and O–H groups in total. The highest BCUT2D eigenvalue weighted by molar-refractivity contribution is 6.00. The first kappa shape index (κ1) is 16.3. The lowest BCUT2D eigenvalue weighted by atomic mass is 10.0. The SMILES string of the molecule is CNc1c(C(=O)N(C)CC(C)C)cccc1C(F)(F)F. The Labute approximate surface area is 116 Å². The molecule has 1 amide bonds. The first-order chi connectivity index (χ1) is 9.18. The van der Waals surface area contributed by atoms with Crippen molar-refractivity contribution in [2.24, 2.45) is 5.92 Å². The summed E-state index contributed by atoms with van der Waals surface area (Å²) in [5.41, 5.74) is -0.977. The number of carbonyl (C=O) groups is 1. The van der Waals surface area contributed by atoms with E-state index in [0.717, 1.165) is 6.07 Å². The van der Waals surface area contributed by atoms with E-state index in [1.807, 2.05) is 13.8 Å².